The first kappa shape index (κ1) is 13.3. The molecule has 1 aliphatic carbocycles. The molecule has 0 saturated heterocycles. The predicted molar refractivity (Wildman–Crippen MR) is 73.0 cm³/mol. The minimum atomic E-state index is -0.498. The number of carbonyl (C=O) groups is 1. The normalized spacial score (nSPS) is 14.4. The van der Waals surface area contributed by atoms with Crippen LogP contribution in [-0.4, -0.2) is 12.5 Å². The molecule has 0 radical (unpaired) electrons. The summed E-state index contributed by atoms with van der Waals surface area (Å²) in [7, 11) is 0. The minimum absolute atomic E-state index is 0.0959. The summed E-state index contributed by atoms with van der Waals surface area (Å²) in [4.78, 5) is 11.8. The van der Waals surface area contributed by atoms with E-state index in [4.69, 9.17) is 0 Å². The van der Waals surface area contributed by atoms with E-state index < -0.39 is 5.82 Å². The van der Waals surface area contributed by atoms with Gasteiger partial charge >= 0.3 is 0 Å². The number of carbonyl (C=O) groups excluding carboxylic acids is 1. The van der Waals surface area contributed by atoms with Gasteiger partial charge in [0.15, 0.2) is 0 Å². The molecule has 1 aromatic carbocycles. The zero-order valence-corrected chi connectivity index (χ0v) is 11.6. The van der Waals surface area contributed by atoms with Gasteiger partial charge in [-0.2, -0.15) is 0 Å². The van der Waals surface area contributed by atoms with Crippen LogP contribution in [0.3, 0.4) is 0 Å². The van der Waals surface area contributed by atoms with Gasteiger partial charge in [-0.05, 0) is 43.9 Å². The van der Waals surface area contributed by atoms with Gasteiger partial charge in [0.25, 0.3) is 5.91 Å². The molecule has 1 aliphatic rings. The summed E-state index contributed by atoms with van der Waals surface area (Å²) in [6, 6.07) is 4.45. The van der Waals surface area contributed by atoms with Gasteiger partial charge in [-0.25, -0.2) is 4.39 Å². The summed E-state index contributed by atoms with van der Waals surface area (Å²) in [5.41, 5.74) is 1.49. The van der Waals surface area contributed by atoms with Gasteiger partial charge in [0, 0.05) is 11.0 Å². The quantitative estimate of drug-likeness (QED) is 0.842. The highest BCUT2D eigenvalue weighted by molar-refractivity contribution is 9.10. The first-order chi connectivity index (χ1) is 8.66. The van der Waals surface area contributed by atoms with Crippen LogP contribution in [0.5, 0.6) is 0 Å². The van der Waals surface area contributed by atoms with Crippen molar-refractivity contribution < 1.29 is 9.18 Å². The lowest BCUT2D eigenvalue weighted by atomic mass is 10.1. The molecule has 96 valence electrons. The molecular weight excluding hydrogens is 297 g/mol. The second kappa shape index (κ2) is 6.14. The molecule has 0 aromatic heterocycles. The fourth-order valence-corrected chi connectivity index (χ4v) is 2.40. The fraction of sp³-hybridized carbons (Fsp3) is 0.357. The number of allylic oxidation sites excluding steroid dienone is 1. The van der Waals surface area contributed by atoms with Crippen LogP contribution in [0.1, 0.15) is 36.0 Å². The molecule has 2 rings (SSSR count). The van der Waals surface area contributed by atoms with E-state index in [-0.39, 0.29) is 11.5 Å². The molecule has 1 amide bonds. The van der Waals surface area contributed by atoms with E-state index in [9.17, 15) is 9.18 Å². The molecule has 4 heteroatoms. The van der Waals surface area contributed by atoms with E-state index >= 15 is 0 Å². The Balaban J connectivity index is 1.87. The van der Waals surface area contributed by atoms with Crippen molar-refractivity contribution in [1.29, 1.82) is 0 Å². The van der Waals surface area contributed by atoms with Crippen LogP contribution in [0.15, 0.2) is 34.3 Å². The maximum Gasteiger partial charge on any atom is 0.254 e. The molecule has 1 aromatic rings. The van der Waals surface area contributed by atoms with Crippen molar-refractivity contribution in [2.45, 2.75) is 25.7 Å². The number of hydrogen-bond acceptors (Lipinski definition) is 1. The van der Waals surface area contributed by atoms with Crippen LogP contribution in [0, 0.1) is 5.82 Å². The molecular formula is C14H15BrFNO. The van der Waals surface area contributed by atoms with Crippen LogP contribution in [0.25, 0.3) is 0 Å². The van der Waals surface area contributed by atoms with Gasteiger partial charge in [-0.15, -0.1) is 0 Å². The average molecular weight is 312 g/mol. The molecule has 18 heavy (non-hydrogen) atoms. The number of benzene rings is 1. The van der Waals surface area contributed by atoms with Crippen molar-refractivity contribution in [3.05, 3.63) is 45.7 Å². The van der Waals surface area contributed by atoms with E-state index in [1.54, 1.807) is 6.07 Å². The fourth-order valence-electron chi connectivity index (χ4n) is 2.07. The number of amides is 1. The van der Waals surface area contributed by atoms with Gasteiger partial charge in [-0.1, -0.05) is 27.6 Å². The molecule has 0 heterocycles. The molecule has 0 fully saturated rings. The number of rotatable bonds is 4. The van der Waals surface area contributed by atoms with Gasteiger partial charge in [-0.3, -0.25) is 4.79 Å². The maximum atomic E-state index is 13.5. The third-order valence-corrected chi connectivity index (χ3v) is 3.54. The summed E-state index contributed by atoms with van der Waals surface area (Å²) in [5.74, 6) is -0.847. The highest BCUT2D eigenvalue weighted by atomic mass is 79.9. The van der Waals surface area contributed by atoms with E-state index in [0.717, 1.165) is 19.3 Å². The molecule has 0 bridgehead atoms. The second-order valence-corrected chi connectivity index (χ2v) is 5.30. The molecule has 0 spiro atoms. The minimum Gasteiger partial charge on any atom is -0.352 e. The van der Waals surface area contributed by atoms with E-state index in [0.29, 0.717) is 11.0 Å². The summed E-state index contributed by atoms with van der Waals surface area (Å²) in [6.07, 6.45) is 6.58. The molecule has 0 unspecified atom stereocenters. The van der Waals surface area contributed by atoms with Gasteiger partial charge < -0.3 is 5.32 Å². The second-order valence-electron chi connectivity index (χ2n) is 4.38. The third kappa shape index (κ3) is 3.42. The highest BCUT2D eigenvalue weighted by Gasteiger charge is 2.11. The summed E-state index contributed by atoms with van der Waals surface area (Å²) < 4.78 is 14.2. The number of hydrogen-bond donors (Lipinski definition) is 1. The SMILES string of the molecule is O=C(NCCC1=CCCC1)c1ccc(Br)cc1F. The van der Waals surface area contributed by atoms with Crippen molar-refractivity contribution in [3.8, 4) is 0 Å². The van der Waals surface area contributed by atoms with Gasteiger partial charge in [0.05, 0.1) is 5.56 Å². The average Bonchev–Trinajstić information content (AvgIpc) is 2.81. The predicted octanol–water partition coefficient (Wildman–Crippen LogP) is 3.82. The highest BCUT2D eigenvalue weighted by Crippen LogP contribution is 2.20. The molecule has 1 N–H and O–H groups in total. The lowest BCUT2D eigenvalue weighted by Crippen LogP contribution is -2.25. The first-order valence-corrected chi connectivity index (χ1v) is 6.87. The standard InChI is InChI=1S/C14H15BrFNO/c15-11-5-6-12(13(16)9-11)14(18)17-8-7-10-3-1-2-4-10/h3,5-6,9H,1-2,4,7-8H2,(H,17,18). The Kier molecular flexibility index (Phi) is 4.53. The summed E-state index contributed by atoms with van der Waals surface area (Å²) in [5, 5.41) is 2.75. The lowest BCUT2D eigenvalue weighted by Gasteiger charge is -2.07. The Morgan fingerprint density at radius 3 is 2.94 bits per heavy atom. The Labute approximate surface area is 114 Å². The van der Waals surface area contributed by atoms with E-state index in [1.165, 1.54) is 24.1 Å². The third-order valence-electron chi connectivity index (χ3n) is 3.04. The largest absolute Gasteiger partial charge is 0.352 e. The van der Waals surface area contributed by atoms with Crippen LogP contribution < -0.4 is 5.32 Å². The van der Waals surface area contributed by atoms with E-state index in [2.05, 4.69) is 27.3 Å². The van der Waals surface area contributed by atoms with E-state index in [1.807, 2.05) is 0 Å². The molecule has 2 nitrogen and oxygen atoms in total. The van der Waals surface area contributed by atoms with Gasteiger partial charge in [0.1, 0.15) is 5.82 Å². The topological polar surface area (TPSA) is 29.1 Å². The first-order valence-electron chi connectivity index (χ1n) is 6.08. The van der Waals surface area contributed by atoms with Crippen LogP contribution >= 0.6 is 15.9 Å². The van der Waals surface area contributed by atoms with Crippen LogP contribution in [0.4, 0.5) is 4.39 Å². The Bertz CT molecular complexity index is 485. The summed E-state index contributed by atoms with van der Waals surface area (Å²) in [6.45, 7) is 0.570. The monoisotopic (exact) mass is 311 g/mol. The Morgan fingerprint density at radius 2 is 2.28 bits per heavy atom. The van der Waals surface area contributed by atoms with Crippen LogP contribution in [0.2, 0.25) is 0 Å². The molecule has 0 saturated carbocycles. The smallest absolute Gasteiger partial charge is 0.254 e. The van der Waals surface area contributed by atoms with Crippen molar-refractivity contribution in [1.82, 2.24) is 5.32 Å². The van der Waals surface area contributed by atoms with Crippen molar-refractivity contribution in [2.75, 3.05) is 6.54 Å². The molecule has 0 atom stereocenters. The molecule has 0 aliphatic heterocycles. The van der Waals surface area contributed by atoms with Gasteiger partial charge in [0.2, 0.25) is 0 Å². The zero-order chi connectivity index (χ0) is 13.0. The van der Waals surface area contributed by atoms with Crippen LogP contribution in [-0.2, 0) is 0 Å². The lowest BCUT2D eigenvalue weighted by molar-refractivity contribution is 0.0950. The zero-order valence-electron chi connectivity index (χ0n) is 10.0. The Morgan fingerprint density at radius 1 is 1.44 bits per heavy atom. The van der Waals surface area contributed by atoms with Crippen molar-refractivity contribution >= 4 is 21.8 Å². The van der Waals surface area contributed by atoms with Crippen molar-refractivity contribution in [3.63, 3.8) is 0 Å². The maximum absolute atomic E-state index is 13.5. The summed E-state index contributed by atoms with van der Waals surface area (Å²) >= 11 is 3.16. The number of nitrogens with one attached hydrogen (secondary N) is 1. The van der Waals surface area contributed by atoms with Crippen molar-refractivity contribution in [2.24, 2.45) is 0 Å². The Hall–Kier alpha value is -1.16. The number of halogens is 2.